The summed E-state index contributed by atoms with van der Waals surface area (Å²) < 4.78 is 11.5. The summed E-state index contributed by atoms with van der Waals surface area (Å²) in [5, 5.41) is 2.99. The SMILES string of the molecule is C[NH+](CC(=O)NC1CC1)CC(=O)N1CCC[C@H]1c1ccc2c(c1)OCCCO2. The van der Waals surface area contributed by atoms with Crippen LogP contribution in [0.3, 0.4) is 0 Å². The standard InChI is InChI=1S/C21H29N3O4/c1-23(13-20(25)22-16-6-7-16)14-21(26)24-9-2-4-17(24)15-5-8-18-19(12-15)28-11-3-10-27-18/h5,8,12,16-17H,2-4,6-7,9-11,13-14H2,1H3,(H,22,25)/p+1/t17-/m0/s1. The van der Waals surface area contributed by atoms with Crippen molar-refractivity contribution in [2.75, 3.05) is 39.9 Å². The van der Waals surface area contributed by atoms with Crippen molar-refractivity contribution < 1.29 is 24.0 Å². The fourth-order valence-electron chi connectivity index (χ4n) is 4.00. The third kappa shape index (κ3) is 4.58. The molecule has 2 heterocycles. The van der Waals surface area contributed by atoms with Crippen molar-refractivity contribution in [3.63, 3.8) is 0 Å². The van der Waals surface area contributed by atoms with Crippen molar-refractivity contribution >= 4 is 11.8 Å². The lowest BCUT2D eigenvalue weighted by Gasteiger charge is -2.26. The Balaban J connectivity index is 1.38. The lowest BCUT2D eigenvalue weighted by Crippen LogP contribution is -3.11. The number of likely N-dealkylation sites (N-methyl/N-ethyl adjacent to an activating group) is 1. The Labute approximate surface area is 166 Å². The first-order valence-corrected chi connectivity index (χ1v) is 10.4. The third-order valence-corrected chi connectivity index (χ3v) is 5.59. The Morgan fingerprint density at radius 3 is 2.68 bits per heavy atom. The average molecular weight is 388 g/mol. The van der Waals surface area contributed by atoms with Crippen LogP contribution in [0.4, 0.5) is 0 Å². The second-order valence-electron chi connectivity index (χ2n) is 8.15. The molecule has 2 amide bonds. The van der Waals surface area contributed by atoms with Gasteiger partial charge in [0.05, 0.1) is 26.3 Å². The molecule has 1 aromatic carbocycles. The summed E-state index contributed by atoms with van der Waals surface area (Å²) in [4.78, 5) is 27.8. The number of hydrogen-bond acceptors (Lipinski definition) is 4. The molecule has 3 aliphatic rings. The number of benzene rings is 1. The van der Waals surface area contributed by atoms with Gasteiger partial charge in [0.1, 0.15) is 0 Å². The number of likely N-dealkylation sites (tertiary alicyclic amines) is 1. The largest absolute Gasteiger partial charge is 0.490 e. The van der Waals surface area contributed by atoms with E-state index < -0.39 is 0 Å². The predicted molar refractivity (Wildman–Crippen MR) is 104 cm³/mol. The quantitative estimate of drug-likeness (QED) is 0.736. The molecule has 2 atom stereocenters. The van der Waals surface area contributed by atoms with Crippen molar-refractivity contribution in [3.8, 4) is 11.5 Å². The van der Waals surface area contributed by atoms with Gasteiger partial charge in [0.25, 0.3) is 11.8 Å². The first kappa shape index (κ1) is 19.1. The predicted octanol–water partition coefficient (Wildman–Crippen LogP) is 0.305. The molecule has 2 fully saturated rings. The van der Waals surface area contributed by atoms with Crippen LogP contribution < -0.4 is 19.7 Å². The smallest absolute Gasteiger partial charge is 0.278 e. The lowest BCUT2D eigenvalue weighted by atomic mass is 10.0. The van der Waals surface area contributed by atoms with E-state index in [9.17, 15) is 9.59 Å². The number of amides is 2. The summed E-state index contributed by atoms with van der Waals surface area (Å²) in [5.74, 6) is 1.69. The highest BCUT2D eigenvalue weighted by Gasteiger charge is 2.32. The third-order valence-electron chi connectivity index (χ3n) is 5.59. The van der Waals surface area contributed by atoms with Crippen molar-refractivity contribution in [1.29, 1.82) is 0 Å². The fourth-order valence-corrected chi connectivity index (χ4v) is 4.00. The van der Waals surface area contributed by atoms with Crippen molar-refractivity contribution in [2.45, 2.75) is 44.2 Å². The van der Waals surface area contributed by atoms with Crippen LogP contribution in [0.25, 0.3) is 0 Å². The number of carbonyl (C=O) groups is 2. The van der Waals surface area contributed by atoms with Crippen molar-refractivity contribution in [1.82, 2.24) is 10.2 Å². The minimum Gasteiger partial charge on any atom is -0.490 e. The van der Waals surface area contributed by atoms with Gasteiger partial charge >= 0.3 is 0 Å². The van der Waals surface area contributed by atoms with E-state index in [4.69, 9.17) is 9.47 Å². The van der Waals surface area contributed by atoms with E-state index in [0.29, 0.717) is 32.3 Å². The number of rotatable bonds is 6. The van der Waals surface area contributed by atoms with Crippen LogP contribution >= 0.6 is 0 Å². The number of fused-ring (bicyclic) bond motifs is 1. The molecule has 1 saturated heterocycles. The number of nitrogens with one attached hydrogen (secondary N) is 2. The Morgan fingerprint density at radius 2 is 1.89 bits per heavy atom. The Bertz CT molecular complexity index is 734. The molecule has 1 aliphatic carbocycles. The Hall–Kier alpha value is -2.28. The van der Waals surface area contributed by atoms with E-state index in [1.54, 1.807) is 0 Å². The fraction of sp³-hybridized carbons (Fsp3) is 0.619. The summed E-state index contributed by atoms with van der Waals surface area (Å²) >= 11 is 0. The van der Waals surface area contributed by atoms with E-state index in [2.05, 4.69) is 5.32 Å². The van der Waals surface area contributed by atoms with Gasteiger partial charge in [-0.05, 0) is 43.4 Å². The summed E-state index contributed by atoms with van der Waals surface area (Å²) in [6.45, 7) is 2.76. The maximum absolute atomic E-state index is 12.9. The molecular formula is C21H30N3O4+. The van der Waals surface area contributed by atoms with Crippen LogP contribution in [0.1, 0.15) is 43.7 Å². The van der Waals surface area contributed by atoms with Gasteiger partial charge in [-0.15, -0.1) is 0 Å². The first-order valence-electron chi connectivity index (χ1n) is 10.4. The summed E-state index contributed by atoms with van der Waals surface area (Å²) in [6.07, 6.45) is 4.98. The van der Waals surface area contributed by atoms with Gasteiger partial charge in [0, 0.05) is 19.0 Å². The number of quaternary nitrogens is 1. The molecule has 1 aromatic rings. The average Bonchev–Trinajstić information content (AvgIpc) is 3.38. The van der Waals surface area contributed by atoms with Gasteiger partial charge in [-0.25, -0.2) is 0 Å². The second kappa shape index (κ2) is 8.39. The molecule has 2 N–H and O–H groups in total. The molecule has 0 spiro atoms. The number of ether oxygens (including phenoxy) is 2. The minimum absolute atomic E-state index is 0.0358. The molecule has 0 radical (unpaired) electrons. The van der Waals surface area contributed by atoms with Crippen LogP contribution in [-0.4, -0.2) is 62.7 Å². The minimum atomic E-state index is 0.0358. The maximum Gasteiger partial charge on any atom is 0.278 e. The highest BCUT2D eigenvalue weighted by molar-refractivity contribution is 5.79. The van der Waals surface area contributed by atoms with Gasteiger partial charge in [-0.3, -0.25) is 9.59 Å². The second-order valence-corrected chi connectivity index (χ2v) is 8.15. The van der Waals surface area contributed by atoms with Crippen molar-refractivity contribution in [3.05, 3.63) is 23.8 Å². The molecule has 0 aromatic heterocycles. The van der Waals surface area contributed by atoms with E-state index in [1.165, 1.54) is 0 Å². The number of hydrogen-bond donors (Lipinski definition) is 2. The molecule has 1 unspecified atom stereocenters. The summed E-state index contributed by atoms with van der Waals surface area (Å²) in [5.41, 5.74) is 1.10. The van der Waals surface area contributed by atoms with E-state index in [0.717, 1.165) is 60.6 Å². The zero-order valence-electron chi connectivity index (χ0n) is 16.5. The lowest BCUT2D eigenvalue weighted by molar-refractivity contribution is -0.863. The summed E-state index contributed by atoms with van der Waals surface area (Å²) in [6, 6.07) is 6.45. The van der Waals surface area contributed by atoms with E-state index in [1.807, 2.05) is 30.1 Å². The van der Waals surface area contributed by atoms with Crippen LogP contribution in [0.2, 0.25) is 0 Å². The number of carbonyl (C=O) groups excluding carboxylic acids is 2. The van der Waals surface area contributed by atoms with Crippen LogP contribution in [0, 0.1) is 0 Å². The van der Waals surface area contributed by atoms with E-state index in [-0.39, 0.29) is 17.9 Å². The van der Waals surface area contributed by atoms with E-state index >= 15 is 0 Å². The van der Waals surface area contributed by atoms with Gasteiger partial charge in [0.15, 0.2) is 24.6 Å². The molecule has 152 valence electrons. The normalized spacial score (nSPS) is 22.5. The van der Waals surface area contributed by atoms with Gasteiger partial charge in [-0.2, -0.15) is 0 Å². The highest BCUT2D eigenvalue weighted by atomic mass is 16.5. The molecular weight excluding hydrogens is 358 g/mol. The number of nitrogens with zero attached hydrogens (tertiary/aromatic N) is 1. The Kier molecular flexibility index (Phi) is 5.71. The Morgan fingerprint density at radius 1 is 1.11 bits per heavy atom. The van der Waals surface area contributed by atoms with Crippen molar-refractivity contribution in [2.24, 2.45) is 0 Å². The monoisotopic (exact) mass is 388 g/mol. The molecule has 4 rings (SSSR count). The van der Waals surface area contributed by atoms with Gasteiger partial charge in [0.2, 0.25) is 0 Å². The van der Waals surface area contributed by atoms with Gasteiger partial charge in [-0.1, -0.05) is 6.07 Å². The first-order chi connectivity index (χ1) is 13.6. The van der Waals surface area contributed by atoms with Crippen LogP contribution in [0.5, 0.6) is 11.5 Å². The molecule has 7 heteroatoms. The summed E-state index contributed by atoms with van der Waals surface area (Å²) in [7, 11) is 1.91. The van der Waals surface area contributed by atoms with Crippen LogP contribution in [0.15, 0.2) is 18.2 Å². The zero-order chi connectivity index (χ0) is 19.5. The highest BCUT2D eigenvalue weighted by Crippen LogP contribution is 2.37. The van der Waals surface area contributed by atoms with Crippen LogP contribution in [-0.2, 0) is 9.59 Å². The molecule has 7 nitrogen and oxygen atoms in total. The maximum atomic E-state index is 12.9. The molecule has 1 saturated carbocycles. The molecule has 2 aliphatic heterocycles. The molecule has 0 bridgehead atoms. The molecule has 28 heavy (non-hydrogen) atoms. The van der Waals surface area contributed by atoms with Gasteiger partial charge < -0.3 is 24.6 Å². The topological polar surface area (TPSA) is 72.3 Å². The zero-order valence-corrected chi connectivity index (χ0v) is 16.5.